The molecule has 78 valence electrons. The molecule has 0 aliphatic heterocycles. The van der Waals surface area contributed by atoms with Gasteiger partial charge in [0.1, 0.15) is 17.2 Å². The van der Waals surface area contributed by atoms with Crippen molar-refractivity contribution in [3.05, 3.63) is 42.0 Å². The van der Waals surface area contributed by atoms with Gasteiger partial charge < -0.3 is 5.11 Å². The number of hydrogen-bond acceptors (Lipinski definition) is 3. The SMILES string of the molecule is CC(O)c1cn(-c2ccccc2F)nn1. The molecule has 0 amide bonds. The number of aliphatic hydroxyl groups excluding tert-OH is 1. The average Bonchev–Trinajstić information content (AvgIpc) is 2.67. The van der Waals surface area contributed by atoms with E-state index in [2.05, 4.69) is 10.3 Å². The molecule has 1 unspecified atom stereocenters. The zero-order valence-electron chi connectivity index (χ0n) is 8.13. The summed E-state index contributed by atoms with van der Waals surface area (Å²) in [6.07, 6.45) is 0.800. The topological polar surface area (TPSA) is 50.9 Å². The van der Waals surface area contributed by atoms with E-state index in [-0.39, 0.29) is 5.82 Å². The van der Waals surface area contributed by atoms with E-state index in [0.717, 1.165) is 0 Å². The van der Waals surface area contributed by atoms with Crippen LogP contribution in [0.15, 0.2) is 30.5 Å². The van der Waals surface area contributed by atoms with Crippen LogP contribution >= 0.6 is 0 Å². The van der Waals surface area contributed by atoms with Crippen molar-refractivity contribution in [1.82, 2.24) is 15.0 Å². The summed E-state index contributed by atoms with van der Waals surface area (Å²) in [5, 5.41) is 16.7. The van der Waals surface area contributed by atoms with Crippen molar-refractivity contribution in [2.75, 3.05) is 0 Å². The van der Waals surface area contributed by atoms with Gasteiger partial charge in [-0.3, -0.25) is 0 Å². The Morgan fingerprint density at radius 2 is 2.13 bits per heavy atom. The number of rotatable bonds is 2. The Balaban J connectivity index is 2.42. The van der Waals surface area contributed by atoms with E-state index in [1.54, 1.807) is 25.1 Å². The van der Waals surface area contributed by atoms with Gasteiger partial charge in [-0.05, 0) is 19.1 Å². The quantitative estimate of drug-likeness (QED) is 0.811. The molecule has 0 bridgehead atoms. The Labute approximate surface area is 86.0 Å². The third kappa shape index (κ3) is 1.87. The highest BCUT2D eigenvalue weighted by molar-refractivity contribution is 5.32. The van der Waals surface area contributed by atoms with Crippen LogP contribution in [-0.2, 0) is 0 Å². The maximum atomic E-state index is 13.3. The zero-order valence-corrected chi connectivity index (χ0v) is 8.13. The molecule has 0 aliphatic rings. The van der Waals surface area contributed by atoms with E-state index in [9.17, 15) is 9.50 Å². The number of aromatic nitrogens is 3. The molecule has 1 N–H and O–H groups in total. The molecule has 0 fully saturated rings. The average molecular weight is 207 g/mol. The summed E-state index contributed by atoms with van der Waals surface area (Å²) in [6, 6.07) is 6.25. The van der Waals surface area contributed by atoms with Crippen molar-refractivity contribution in [2.45, 2.75) is 13.0 Å². The van der Waals surface area contributed by atoms with Crippen LogP contribution in [0.2, 0.25) is 0 Å². The summed E-state index contributed by atoms with van der Waals surface area (Å²) in [4.78, 5) is 0. The zero-order chi connectivity index (χ0) is 10.8. The molecular weight excluding hydrogens is 197 g/mol. The van der Waals surface area contributed by atoms with Crippen molar-refractivity contribution in [3.63, 3.8) is 0 Å². The van der Waals surface area contributed by atoms with E-state index in [4.69, 9.17) is 0 Å². The number of nitrogens with zero attached hydrogens (tertiary/aromatic N) is 3. The molecule has 0 aliphatic carbocycles. The Bertz CT molecular complexity index is 467. The smallest absolute Gasteiger partial charge is 0.148 e. The maximum Gasteiger partial charge on any atom is 0.148 e. The summed E-state index contributed by atoms with van der Waals surface area (Å²) in [5.74, 6) is -0.375. The van der Waals surface area contributed by atoms with Gasteiger partial charge in [0.15, 0.2) is 0 Å². The fourth-order valence-electron chi connectivity index (χ4n) is 1.22. The molecule has 0 saturated carbocycles. The first-order valence-corrected chi connectivity index (χ1v) is 4.53. The lowest BCUT2D eigenvalue weighted by atomic mass is 10.3. The van der Waals surface area contributed by atoms with Gasteiger partial charge >= 0.3 is 0 Å². The molecule has 1 aromatic carbocycles. The predicted molar refractivity (Wildman–Crippen MR) is 52.0 cm³/mol. The molecule has 0 spiro atoms. The van der Waals surface area contributed by atoms with Crippen molar-refractivity contribution < 1.29 is 9.50 Å². The minimum Gasteiger partial charge on any atom is -0.387 e. The van der Waals surface area contributed by atoms with Crippen LogP contribution in [0.5, 0.6) is 0 Å². The first-order chi connectivity index (χ1) is 7.18. The molecular formula is C10H10FN3O. The lowest BCUT2D eigenvalue weighted by Gasteiger charge is -2.00. The van der Waals surface area contributed by atoms with E-state index in [1.807, 2.05) is 0 Å². The summed E-state index contributed by atoms with van der Waals surface area (Å²) in [6.45, 7) is 1.58. The highest BCUT2D eigenvalue weighted by Gasteiger charge is 2.09. The summed E-state index contributed by atoms with van der Waals surface area (Å²) >= 11 is 0. The third-order valence-electron chi connectivity index (χ3n) is 2.04. The summed E-state index contributed by atoms with van der Waals surface area (Å²) < 4.78 is 14.6. The van der Waals surface area contributed by atoms with E-state index in [0.29, 0.717) is 11.4 Å². The molecule has 1 atom stereocenters. The normalized spacial score (nSPS) is 12.7. The molecule has 0 saturated heterocycles. The first kappa shape index (κ1) is 9.79. The second-order valence-electron chi connectivity index (χ2n) is 3.22. The maximum absolute atomic E-state index is 13.3. The first-order valence-electron chi connectivity index (χ1n) is 4.53. The van der Waals surface area contributed by atoms with E-state index in [1.165, 1.54) is 16.9 Å². The lowest BCUT2D eigenvalue weighted by molar-refractivity contribution is 0.194. The van der Waals surface area contributed by atoms with Crippen LogP contribution in [0.1, 0.15) is 18.7 Å². The lowest BCUT2D eigenvalue weighted by Crippen LogP contribution is -1.97. The Kier molecular flexibility index (Phi) is 2.47. The third-order valence-corrected chi connectivity index (χ3v) is 2.04. The van der Waals surface area contributed by atoms with Crippen LogP contribution < -0.4 is 0 Å². The van der Waals surface area contributed by atoms with Gasteiger partial charge in [0.25, 0.3) is 0 Å². The minimum atomic E-state index is -0.703. The van der Waals surface area contributed by atoms with Crippen molar-refractivity contribution in [2.24, 2.45) is 0 Å². The van der Waals surface area contributed by atoms with Gasteiger partial charge in [0.2, 0.25) is 0 Å². The van der Waals surface area contributed by atoms with Crippen molar-refractivity contribution in [1.29, 1.82) is 0 Å². The van der Waals surface area contributed by atoms with E-state index >= 15 is 0 Å². The fraction of sp³-hybridized carbons (Fsp3) is 0.200. The van der Waals surface area contributed by atoms with Crippen LogP contribution in [-0.4, -0.2) is 20.1 Å². The van der Waals surface area contributed by atoms with Crippen LogP contribution in [0, 0.1) is 5.82 Å². The van der Waals surface area contributed by atoms with Gasteiger partial charge in [-0.25, -0.2) is 9.07 Å². The number of hydrogen-bond donors (Lipinski definition) is 1. The van der Waals surface area contributed by atoms with Gasteiger partial charge in [-0.1, -0.05) is 17.3 Å². The summed E-state index contributed by atoms with van der Waals surface area (Å²) in [5.41, 5.74) is 0.732. The van der Waals surface area contributed by atoms with Crippen LogP contribution in [0.3, 0.4) is 0 Å². The second-order valence-corrected chi connectivity index (χ2v) is 3.22. The van der Waals surface area contributed by atoms with Gasteiger partial charge in [0.05, 0.1) is 12.3 Å². The fourth-order valence-corrected chi connectivity index (χ4v) is 1.22. The Hall–Kier alpha value is -1.75. The van der Waals surface area contributed by atoms with Gasteiger partial charge in [-0.2, -0.15) is 0 Å². The molecule has 2 aromatic rings. The summed E-state index contributed by atoms with van der Waals surface area (Å²) in [7, 11) is 0. The van der Waals surface area contributed by atoms with Crippen LogP contribution in [0.4, 0.5) is 4.39 Å². The minimum absolute atomic E-state index is 0.317. The largest absolute Gasteiger partial charge is 0.387 e. The molecule has 5 heteroatoms. The predicted octanol–water partition coefficient (Wildman–Crippen LogP) is 1.46. The molecule has 15 heavy (non-hydrogen) atoms. The monoisotopic (exact) mass is 207 g/mol. The molecule has 0 radical (unpaired) electrons. The molecule has 1 aromatic heterocycles. The number of para-hydroxylation sites is 1. The van der Waals surface area contributed by atoms with Gasteiger partial charge in [0, 0.05) is 0 Å². The highest BCUT2D eigenvalue weighted by Crippen LogP contribution is 2.13. The van der Waals surface area contributed by atoms with Crippen molar-refractivity contribution in [3.8, 4) is 5.69 Å². The number of benzene rings is 1. The second kappa shape index (κ2) is 3.78. The number of halogens is 1. The van der Waals surface area contributed by atoms with Gasteiger partial charge in [-0.15, -0.1) is 5.10 Å². The Morgan fingerprint density at radius 1 is 1.40 bits per heavy atom. The Morgan fingerprint density at radius 3 is 2.73 bits per heavy atom. The highest BCUT2D eigenvalue weighted by atomic mass is 19.1. The van der Waals surface area contributed by atoms with Crippen molar-refractivity contribution >= 4 is 0 Å². The molecule has 2 rings (SSSR count). The van der Waals surface area contributed by atoms with E-state index < -0.39 is 6.10 Å². The number of aliphatic hydroxyl groups is 1. The van der Waals surface area contributed by atoms with Crippen LogP contribution in [0.25, 0.3) is 5.69 Å². The molecule has 1 heterocycles. The standard InChI is InChI=1S/C10H10FN3O/c1-7(15)9-6-14(13-12-9)10-5-3-2-4-8(10)11/h2-7,15H,1H3. The molecule has 4 nitrogen and oxygen atoms in total.